The number of ether oxygens (including phenoxy) is 4. The Morgan fingerprint density at radius 1 is 1.00 bits per heavy atom. The standard InChI is InChI=1S/C18H22F6N2O6/c1-4-31-14(27)17(18(22,23)24,32-10-16(19,20)21)26-15(28)25-8-7-11-5-6-12(29-2)13(9-11)30-3/h5-6,9H,4,7-8,10H2,1-3H3,(H2,25,26,28). The summed E-state index contributed by atoms with van der Waals surface area (Å²) in [5, 5.41) is 3.17. The quantitative estimate of drug-likeness (QED) is 0.306. The van der Waals surface area contributed by atoms with Crippen LogP contribution in [0, 0.1) is 0 Å². The first kappa shape index (κ1) is 27.1. The van der Waals surface area contributed by atoms with Crippen molar-refractivity contribution in [2.75, 3.05) is 34.0 Å². The van der Waals surface area contributed by atoms with Crippen LogP contribution in [0.25, 0.3) is 0 Å². The molecule has 0 radical (unpaired) electrons. The van der Waals surface area contributed by atoms with E-state index in [1.807, 2.05) is 5.32 Å². The molecule has 2 N–H and O–H groups in total. The number of esters is 1. The molecule has 1 unspecified atom stereocenters. The number of alkyl halides is 6. The van der Waals surface area contributed by atoms with Gasteiger partial charge in [-0.05, 0) is 31.0 Å². The van der Waals surface area contributed by atoms with Gasteiger partial charge in [0.2, 0.25) is 0 Å². The fourth-order valence-electron chi connectivity index (χ4n) is 2.40. The summed E-state index contributed by atoms with van der Waals surface area (Å²) in [5.41, 5.74) is -3.75. The fourth-order valence-corrected chi connectivity index (χ4v) is 2.40. The number of nitrogens with one attached hydrogen (secondary N) is 2. The molecule has 0 saturated carbocycles. The summed E-state index contributed by atoms with van der Waals surface area (Å²) in [7, 11) is 2.81. The van der Waals surface area contributed by atoms with Crippen LogP contribution < -0.4 is 20.1 Å². The van der Waals surface area contributed by atoms with Crippen LogP contribution in [0.1, 0.15) is 12.5 Å². The van der Waals surface area contributed by atoms with Gasteiger partial charge in [0.25, 0.3) is 0 Å². The van der Waals surface area contributed by atoms with Crippen molar-refractivity contribution >= 4 is 12.0 Å². The van der Waals surface area contributed by atoms with Gasteiger partial charge >= 0.3 is 30.1 Å². The molecule has 2 amide bonds. The number of halogens is 6. The largest absolute Gasteiger partial charge is 0.493 e. The lowest BCUT2D eigenvalue weighted by atomic mass is 10.1. The number of hydrogen-bond donors (Lipinski definition) is 2. The Morgan fingerprint density at radius 3 is 2.12 bits per heavy atom. The summed E-state index contributed by atoms with van der Waals surface area (Å²) in [6, 6.07) is 3.13. The second-order valence-electron chi connectivity index (χ2n) is 6.12. The molecule has 0 aliphatic carbocycles. The van der Waals surface area contributed by atoms with Gasteiger partial charge in [-0.2, -0.15) is 26.3 Å². The summed E-state index contributed by atoms with van der Waals surface area (Å²) in [4.78, 5) is 23.9. The van der Waals surface area contributed by atoms with Crippen LogP contribution in [0.5, 0.6) is 11.5 Å². The minimum Gasteiger partial charge on any atom is -0.493 e. The predicted molar refractivity (Wildman–Crippen MR) is 97.2 cm³/mol. The second kappa shape index (κ2) is 11.1. The van der Waals surface area contributed by atoms with Crippen molar-refractivity contribution < 1.29 is 54.9 Å². The molecule has 0 aliphatic heterocycles. The Morgan fingerprint density at radius 2 is 1.62 bits per heavy atom. The molecule has 0 spiro atoms. The lowest BCUT2D eigenvalue weighted by molar-refractivity contribution is -0.305. The monoisotopic (exact) mass is 476 g/mol. The lowest BCUT2D eigenvalue weighted by Gasteiger charge is -2.33. The molecule has 0 saturated heterocycles. The highest BCUT2D eigenvalue weighted by Gasteiger charge is 2.66. The van der Waals surface area contributed by atoms with E-state index in [2.05, 4.69) is 9.47 Å². The van der Waals surface area contributed by atoms with Gasteiger partial charge in [-0.1, -0.05) is 6.07 Å². The molecule has 182 valence electrons. The number of rotatable bonds is 10. The van der Waals surface area contributed by atoms with Gasteiger partial charge < -0.3 is 24.3 Å². The Kier molecular flexibility index (Phi) is 9.42. The van der Waals surface area contributed by atoms with Crippen molar-refractivity contribution in [1.82, 2.24) is 10.6 Å². The third-order valence-corrected chi connectivity index (χ3v) is 3.85. The van der Waals surface area contributed by atoms with E-state index < -0.39 is 43.3 Å². The lowest BCUT2D eigenvalue weighted by Crippen LogP contribution is -2.68. The van der Waals surface area contributed by atoms with E-state index in [0.717, 1.165) is 12.2 Å². The Hall–Kier alpha value is -2.90. The molecule has 0 aromatic heterocycles. The summed E-state index contributed by atoms with van der Waals surface area (Å²) < 4.78 is 96.3. The van der Waals surface area contributed by atoms with E-state index in [4.69, 9.17) is 9.47 Å². The Labute approximate surface area is 179 Å². The summed E-state index contributed by atoms with van der Waals surface area (Å²) in [6.45, 7) is -2.17. The highest BCUT2D eigenvalue weighted by molar-refractivity contribution is 5.87. The molecule has 1 aromatic rings. The number of methoxy groups -OCH3 is 2. The van der Waals surface area contributed by atoms with Crippen LogP contribution >= 0.6 is 0 Å². The van der Waals surface area contributed by atoms with Gasteiger partial charge in [0.15, 0.2) is 11.5 Å². The van der Waals surface area contributed by atoms with Crippen molar-refractivity contribution in [3.63, 3.8) is 0 Å². The molecule has 14 heteroatoms. The maximum Gasteiger partial charge on any atom is 0.448 e. The molecule has 0 aliphatic rings. The summed E-state index contributed by atoms with van der Waals surface area (Å²) in [5.74, 6) is -1.45. The Balaban J connectivity index is 2.94. The van der Waals surface area contributed by atoms with Gasteiger partial charge in [0.05, 0.1) is 20.8 Å². The number of benzene rings is 1. The Bertz CT molecular complexity index is 786. The SMILES string of the molecule is CCOC(=O)C(NC(=O)NCCc1ccc(OC)c(OC)c1)(OCC(F)(F)F)C(F)(F)F. The first-order valence-corrected chi connectivity index (χ1v) is 9.01. The molecule has 0 fully saturated rings. The highest BCUT2D eigenvalue weighted by Crippen LogP contribution is 2.34. The molecule has 0 bridgehead atoms. The first-order chi connectivity index (χ1) is 14.8. The van der Waals surface area contributed by atoms with E-state index in [-0.39, 0.29) is 13.0 Å². The van der Waals surface area contributed by atoms with Crippen LogP contribution in [0.4, 0.5) is 31.1 Å². The third-order valence-electron chi connectivity index (χ3n) is 3.85. The maximum absolute atomic E-state index is 13.6. The second-order valence-corrected chi connectivity index (χ2v) is 6.12. The zero-order valence-electron chi connectivity index (χ0n) is 17.3. The number of hydrogen-bond acceptors (Lipinski definition) is 6. The molecule has 32 heavy (non-hydrogen) atoms. The predicted octanol–water partition coefficient (Wildman–Crippen LogP) is 2.95. The number of urea groups is 1. The normalized spacial score (nSPS) is 13.7. The van der Waals surface area contributed by atoms with Crippen molar-refractivity contribution in [3.8, 4) is 11.5 Å². The minimum absolute atomic E-state index is 0.107. The van der Waals surface area contributed by atoms with Crippen molar-refractivity contribution in [2.24, 2.45) is 0 Å². The van der Waals surface area contributed by atoms with E-state index >= 15 is 0 Å². The van der Waals surface area contributed by atoms with Gasteiger partial charge in [-0.15, -0.1) is 0 Å². The van der Waals surface area contributed by atoms with Gasteiger partial charge in [-0.25, -0.2) is 9.59 Å². The van der Waals surface area contributed by atoms with E-state index in [0.29, 0.717) is 17.1 Å². The number of amides is 2. The maximum atomic E-state index is 13.6. The molecule has 1 rings (SSSR count). The van der Waals surface area contributed by atoms with Crippen LogP contribution in [0.3, 0.4) is 0 Å². The van der Waals surface area contributed by atoms with Crippen LogP contribution in [0.15, 0.2) is 18.2 Å². The zero-order valence-corrected chi connectivity index (χ0v) is 17.3. The molecule has 8 nitrogen and oxygen atoms in total. The smallest absolute Gasteiger partial charge is 0.448 e. The molecular formula is C18H22F6N2O6. The minimum atomic E-state index is -5.76. The number of carbonyl (C=O) groups is 2. The number of carbonyl (C=O) groups excluding carboxylic acids is 2. The van der Waals surface area contributed by atoms with Crippen molar-refractivity contribution in [2.45, 2.75) is 31.4 Å². The van der Waals surface area contributed by atoms with E-state index in [1.165, 1.54) is 14.2 Å². The average Bonchev–Trinajstić information content (AvgIpc) is 2.69. The molecule has 1 atom stereocenters. The van der Waals surface area contributed by atoms with Crippen molar-refractivity contribution in [1.29, 1.82) is 0 Å². The topological polar surface area (TPSA) is 95.1 Å². The van der Waals surface area contributed by atoms with Crippen LogP contribution in [0.2, 0.25) is 0 Å². The average molecular weight is 476 g/mol. The van der Waals surface area contributed by atoms with Gasteiger partial charge in [0.1, 0.15) is 6.61 Å². The molecule has 1 aromatic carbocycles. The zero-order chi connectivity index (χ0) is 24.6. The van der Waals surface area contributed by atoms with Crippen LogP contribution in [-0.2, 0) is 20.7 Å². The van der Waals surface area contributed by atoms with Crippen molar-refractivity contribution in [3.05, 3.63) is 23.8 Å². The summed E-state index contributed by atoms with van der Waals surface area (Å²) in [6.07, 6.45) is -10.9. The van der Waals surface area contributed by atoms with Gasteiger partial charge in [-0.3, -0.25) is 5.32 Å². The fraction of sp³-hybridized carbons (Fsp3) is 0.556. The van der Waals surface area contributed by atoms with Gasteiger partial charge in [0, 0.05) is 6.54 Å². The highest BCUT2D eigenvalue weighted by atomic mass is 19.4. The first-order valence-electron chi connectivity index (χ1n) is 9.01. The van der Waals surface area contributed by atoms with E-state index in [1.54, 1.807) is 18.2 Å². The summed E-state index contributed by atoms with van der Waals surface area (Å²) >= 11 is 0. The third kappa shape index (κ3) is 7.35. The van der Waals surface area contributed by atoms with Crippen LogP contribution in [-0.4, -0.2) is 64.1 Å². The van der Waals surface area contributed by atoms with E-state index in [9.17, 15) is 35.9 Å². The molecule has 0 heterocycles. The molecular weight excluding hydrogens is 454 g/mol.